The molecule has 102 valence electrons. The van der Waals surface area contributed by atoms with Gasteiger partial charge in [0.15, 0.2) is 0 Å². The van der Waals surface area contributed by atoms with E-state index in [0.29, 0.717) is 13.0 Å². The van der Waals surface area contributed by atoms with Gasteiger partial charge in [0.1, 0.15) is 5.15 Å². The molecule has 0 aromatic carbocycles. The first-order valence-corrected chi connectivity index (χ1v) is 7.57. The number of rotatable bonds is 7. The molecule has 1 aromatic rings. The van der Waals surface area contributed by atoms with Crippen molar-refractivity contribution in [2.75, 3.05) is 13.2 Å². The molecule has 0 bridgehead atoms. The van der Waals surface area contributed by atoms with Gasteiger partial charge in [-0.05, 0) is 24.5 Å². The molecular weight excluding hydrogens is 276 g/mol. The summed E-state index contributed by atoms with van der Waals surface area (Å²) in [6, 6.07) is 2.69. The standard InChI is InChI=1S/C11H17ClN2O3S/c1-2-9(4-6-15)8-14-18(16,17)10-3-5-13-11(12)7-10/h3,5,7,9,14-15H,2,4,6,8H2,1H3. The normalized spacial score (nSPS) is 13.5. The van der Waals surface area contributed by atoms with E-state index in [2.05, 4.69) is 9.71 Å². The number of hydrogen-bond acceptors (Lipinski definition) is 4. The van der Waals surface area contributed by atoms with E-state index < -0.39 is 10.0 Å². The van der Waals surface area contributed by atoms with Gasteiger partial charge in [0, 0.05) is 19.3 Å². The van der Waals surface area contributed by atoms with Gasteiger partial charge < -0.3 is 5.11 Å². The van der Waals surface area contributed by atoms with E-state index in [9.17, 15) is 8.42 Å². The summed E-state index contributed by atoms with van der Waals surface area (Å²) in [4.78, 5) is 3.83. The van der Waals surface area contributed by atoms with E-state index in [1.165, 1.54) is 18.3 Å². The first kappa shape index (κ1) is 15.4. The maximum Gasteiger partial charge on any atom is 0.240 e. The van der Waals surface area contributed by atoms with E-state index in [1.54, 1.807) is 0 Å². The summed E-state index contributed by atoms with van der Waals surface area (Å²) in [6.07, 6.45) is 2.73. The van der Waals surface area contributed by atoms with Crippen LogP contribution in [0.2, 0.25) is 5.15 Å². The first-order valence-electron chi connectivity index (χ1n) is 5.71. The van der Waals surface area contributed by atoms with Gasteiger partial charge in [0.2, 0.25) is 10.0 Å². The number of aliphatic hydroxyl groups is 1. The third-order valence-electron chi connectivity index (χ3n) is 2.69. The Morgan fingerprint density at radius 2 is 2.28 bits per heavy atom. The number of sulfonamides is 1. The molecular formula is C11H17ClN2O3S. The Morgan fingerprint density at radius 3 is 2.83 bits per heavy atom. The number of nitrogens with one attached hydrogen (secondary N) is 1. The van der Waals surface area contributed by atoms with Crippen molar-refractivity contribution >= 4 is 21.6 Å². The number of hydrogen-bond donors (Lipinski definition) is 2. The molecule has 2 N–H and O–H groups in total. The molecule has 0 aliphatic heterocycles. The number of pyridine rings is 1. The monoisotopic (exact) mass is 292 g/mol. The van der Waals surface area contributed by atoms with Crippen LogP contribution in [-0.2, 0) is 10.0 Å². The summed E-state index contributed by atoms with van der Waals surface area (Å²) < 4.78 is 26.4. The lowest BCUT2D eigenvalue weighted by Crippen LogP contribution is -2.29. The van der Waals surface area contributed by atoms with Gasteiger partial charge in [-0.1, -0.05) is 24.9 Å². The minimum absolute atomic E-state index is 0.0569. The molecule has 0 spiro atoms. The van der Waals surface area contributed by atoms with Gasteiger partial charge in [-0.15, -0.1) is 0 Å². The maximum absolute atomic E-state index is 11.9. The lowest BCUT2D eigenvalue weighted by atomic mass is 10.0. The zero-order valence-corrected chi connectivity index (χ0v) is 11.7. The SMILES string of the molecule is CCC(CCO)CNS(=O)(=O)c1ccnc(Cl)c1. The Bertz CT molecular complexity index is 479. The van der Waals surface area contributed by atoms with E-state index in [0.717, 1.165) is 6.42 Å². The summed E-state index contributed by atoms with van der Waals surface area (Å²) in [7, 11) is -3.56. The molecule has 0 aliphatic rings. The Hall–Kier alpha value is -0.690. The fourth-order valence-corrected chi connectivity index (χ4v) is 2.86. The van der Waals surface area contributed by atoms with Gasteiger partial charge >= 0.3 is 0 Å². The lowest BCUT2D eigenvalue weighted by molar-refractivity contribution is 0.254. The Labute approximate surface area is 112 Å². The van der Waals surface area contributed by atoms with Crippen molar-refractivity contribution in [2.45, 2.75) is 24.7 Å². The van der Waals surface area contributed by atoms with Crippen LogP contribution in [0.1, 0.15) is 19.8 Å². The maximum atomic E-state index is 11.9. The lowest BCUT2D eigenvalue weighted by Gasteiger charge is -2.14. The van der Waals surface area contributed by atoms with E-state index in [-0.39, 0.29) is 22.6 Å². The quantitative estimate of drug-likeness (QED) is 0.745. The van der Waals surface area contributed by atoms with Crippen LogP contribution in [0.4, 0.5) is 0 Å². The fraction of sp³-hybridized carbons (Fsp3) is 0.545. The van der Waals surface area contributed by atoms with Crippen LogP contribution in [0.5, 0.6) is 0 Å². The number of aliphatic hydroxyl groups excluding tert-OH is 1. The van der Waals surface area contributed by atoms with Crippen LogP contribution >= 0.6 is 11.6 Å². The van der Waals surface area contributed by atoms with E-state index in [1.807, 2.05) is 6.92 Å². The average molecular weight is 293 g/mol. The van der Waals surface area contributed by atoms with Gasteiger partial charge in [-0.2, -0.15) is 0 Å². The second-order valence-corrected chi connectivity index (χ2v) is 6.11. The van der Waals surface area contributed by atoms with Gasteiger partial charge in [-0.25, -0.2) is 18.1 Å². The molecule has 0 fully saturated rings. The topological polar surface area (TPSA) is 79.3 Å². The van der Waals surface area contributed by atoms with Crippen molar-refractivity contribution in [3.8, 4) is 0 Å². The number of halogens is 1. The predicted octanol–water partition coefficient (Wildman–Crippen LogP) is 1.42. The molecule has 1 unspecified atom stereocenters. The van der Waals surface area contributed by atoms with Crippen LogP contribution in [0.3, 0.4) is 0 Å². The smallest absolute Gasteiger partial charge is 0.240 e. The second kappa shape index (κ2) is 7.04. The first-order chi connectivity index (χ1) is 8.49. The molecule has 1 heterocycles. The average Bonchev–Trinajstić information content (AvgIpc) is 2.34. The zero-order valence-electron chi connectivity index (χ0n) is 10.1. The molecule has 7 heteroatoms. The Balaban J connectivity index is 2.70. The summed E-state index contributed by atoms with van der Waals surface area (Å²) in [6.45, 7) is 2.32. The Morgan fingerprint density at radius 1 is 1.56 bits per heavy atom. The number of nitrogens with zero attached hydrogens (tertiary/aromatic N) is 1. The highest BCUT2D eigenvalue weighted by Gasteiger charge is 2.16. The van der Waals surface area contributed by atoms with Gasteiger partial charge in [0.25, 0.3) is 0 Å². The summed E-state index contributed by atoms with van der Waals surface area (Å²) >= 11 is 5.65. The molecule has 1 aromatic heterocycles. The molecule has 0 aliphatic carbocycles. The highest BCUT2D eigenvalue weighted by atomic mass is 35.5. The molecule has 5 nitrogen and oxygen atoms in total. The fourth-order valence-electron chi connectivity index (χ4n) is 1.50. The summed E-state index contributed by atoms with van der Waals surface area (Å²) in [5.41, 5.74) is 0. The highest BCUT2D eigenvalue weighted by Crippen LogP contribution is 2.14. The van der Waals surface area contributed by atoms with Crippen molar-refractivity contribution in [3.05, 3.63) is 23.5 Å². The van der Waals surface area contributed by atoms with Crippen LogP contribution in [-0.4, -0.2) is 31.7 Å². The minimum Gasteiger partial charge on any atom is -0.396 e. The van der Waals surface area contributed by atoms with Crippen LogP contribution < -0.4 is 4.72 Å². The molecule has 0 amide bonds. The van der Waals surface area contributed by atoms with E-state index in [4.69, 9.17) is 16.7 Å². The van der Waals surface area contributed by atoms with Gasteiger partial charge in [-0.3, -0.25) is 0 Å². The summed E-state index contributed by atoms with van der Waals surface area (Å²) in [5.74, 6) is 0.127. The zero-order chi connectivity index (χ0) is 13.6. The van der Waals surface area contributed by atoms with Crippen LogP contribution in [0, 0.1) is 5.92 Å². The van der Waals surface area contributed by atoms with Crippen molar-refractivity contribution in [1.82, 2.24) is 9.71 Å². The predicted molar refractivity (Wildman–Crippen MR) is 69.9 cm³/mol. The third-order valence-corrected chi connectivity index (χ3v) is 4.31. The minimum atomic E-state index is -3.56. The van der Waals surface area contributed by atoms with Crippen molar-refractivity contribution in [2.24, 2.45) is 5.92 Å². The number of aromatic nitrogens is 1. The summed E-state index contributed by atoms with van der Waals surface area (Å²) in [5, 5.41) is 8.99. The second-order valence-electron chi connectivity index (χ2n) is 3.95. The molecule has 1 atom stereocenters. The molecule has 18 heavy (non-hydrogen) atoms. The molecule has 0 saturated carbocycles. The van der Waals surface area contributed by atoms with Crippen molar-refractivity contribution in [1.29, 1.82) is 0 Å². The van der Waals surface area contributed by atoms with Crippen LogP contribution in [0.25, 0.3) is 0 Å². The molecule has 1 rings (SSSR count). The van der Waals surface area contributed by atoms with E-state index >= 15 is 0 Å². The van der Waals surface area contributed by atoms with Crippen LogP contribution in [0.15, 0.2) is 23.2 Å². The highest BCUT2D eigenvalue weighted by molar-refractivity contribution is 7.89. The Kier molecular flexibility index (Phi) is 6.01. The molecule has 0 radical (unpaired) electrons. The largest absolute Gasteiger partial charge is 0.396 e. The van der Waals surface area contributed by atoms with Crippen molar-refractivity contribution in [3.63, 3.8) is 0 Å². The third kappa shape index (κ3) is 4.53. The molecule has 0 saturated heterocycles. The van der Waals surface area contributed by atoms with Crippen molar-refractivity contribution < 1.29 is 13.5 Å². The van der Waals surface area contributed by atoms with Gasteiger partial charge in [0.05, 0.1) is 4.90 Å².